The van der Waals surface area contributed by atoms with E-state index in [0.29, 0.717) is 6.61 Å². The Morgan fingerprint density at radius 3 is 2.54 bits per heavy atom. The van der Waals surface area contributed by atoms with Crippen LogP contribution in [0.3, 0.4) is 0 Å². The van der Waals surface area contributed by atoms with Crippen LogP contribution in [0.25, 0.3) is 0 Å². The Morgan fingerprint density at radius 2 is 2.15 bits per heavy atom. The number of rotatable bonds is 3. The van der Waals surface area contributed by atoms with Crippen molar-refractivity contribution in [3.05, 3.63) is 0 Å². The molecule has 1 aliphatic rings. The molecule has 3 amide bonds. The van der Waals surface area contributed by atoms with E-state index < -0.39 is 12.1 Å². The van der Waals surface area contributed by atoms with Crippen LogP contribution < -0.4 is 5.32 Å². The third-order valence-electron chi connectivity index (χ3n) is 1.63. The van der Waals surface area contributed by atoms with Crippen molar-refractivity contribution in [3.8, 4) is 0 Å². The average molecular weight is 186 g/mol. The second kappa shape index (κ2) is 3.74. The molecule has 0 aromatic rings. The molecule has 0 aromatic heterocycles. The number of hydrogen-bond donors (Lipinski definition) is 1. The summed E-state index contributed by atoms with van der Waals surface area (Å²) in [5.41, 5.74) is 0. The van der Waals surface area contributed by atoms with Gasteiger partial charge in [0.15, 0.2) is 0 Å². The van der Waals surface area contributed by atoms with Crippen LogP contribution in [0.5, 0.6) is 0 Å². The molecule has 0 spiro atoms. The van der Waals surface area contributed by atoms with E-state index in [1.54, 1.807) is 6.92 Å². The smallest absolute Gasteiger partial charge is 0.324 e. The van der Waals surface area contributed by atoms with Gasteiger partial charge in [0.1, 0.15) is 6.04 Å². The lowest BCUT2D eigenvalue weighted by atomic mass is 10.2. The van der Waals surface area contributed by atoms with Gasteiger partial charge in [-0.1, -0.05) is 13.8 Å². The summed E-state index contributed by atoms with van der Waals surface area (Å²) in [4.78, 5) is 27.4. The molecular weight excluding hydrogens is 172 g/mol. The lowest BCUT2D eigenvalue weighted by Crippen LogP contribution is -2.32. The molecule has 1 fully saturated rings. The quantitative estimate of drug-likeness (QED) is 0.653. The summed E-state index contributed by atoms with van der Waals surface area (Å²) in [7, 11) is 0. The summed E-state index contributed by atoms with van der Waals surface area (Å²) < 4.78 is 0. The van der Waals surface area contributed by atoms with Crippen molar-refractivity contribution >= 4 is 11.9 Å². The van der Waals surface area contributed by atoms with Crippen LogP contribution in [0.2, 0.25) is 0 Å². The van der Waals surface area contributed by atoms with Crippen LogP contribution in [0, 0.1) is 5.92 Å². The zero-order valence-corrected chi connectivity index (χ0v) is 8.03. The zero-order valence-electron chi connectivity index (χ0n) is 8.03. The summed E-state index contributed by atoms with van der Waals surface area (Å²) in [6.07, 6.45) is 0. The minimum absolute atomic E-state index is 0.288. The normalized spacial score (nSPS) is 22.8. The number of carbonyl (C=O) groups is 2. The Labute approximate surface area is 77.0 Å². The number of amides is 3. The molecule has 0 saturated carbocycles. The van der Waals surface area contributed by atoms with Crippen LogP contribution in [0.1, 0.15) is 20.8 Å². The molecule has 1 atom stereocenters. The van der Waals surface area contributed by atoms with E-state index in [-0.39, 0.29) is 11.8 Å². The Hall–Kier alpha value is -1.10. The van der Waals surface area contributed by atoms with Crippen molar-refractivity contribution in [1.29, 1.82) is 0 Å². The predicted molar refractivity (Wildman–Crippen MR) is 45.6 cm³/mol. The number of urea groups is 1. The average Bonchev–Trinajstić information content (AvgIpc) is 2.24. The molecule has 74 valence electrons. The lowest BCUT2D eigenvalue weighted by molar-refractivity contribution is -0.165. The fraction of sp³-hybridized carbons (Fsp3) is 0.750. The van der Waals surface area contributed by atoms with Gasteiger partial charge in [0, 0.05) is 0 Å². The van der Waals surface area contributed by atoms with Gasteiger partial charge >= 0.3 is 6.03 Å². The third-order valence-corrected chi connectivity index (χ3v) is 1.63. The van der Waals surface area contributed by atoms with E-state index in [9.17, 15) is 9.59 Å². The summed E-state index contributed by atoms with van der Waals surface area (Å²) in [5.74, 6) is -0.0397. The Kier molecular flexibility index (Phi) is 2.87. The first-order valence-electron chi connectivity index (χ1n) is 4.29. The molecule has 1 rings (SSSR count). The number of nitrogens with one attached hydrogen (secondary N) is 1. The van der Waals surface area contributed by atoms with Crippen LogP contribution in [0.15, 0.2) is 0 Å². The first-order valence-corrected chi connectivity index (χ1v) is 4.29. The van der Waals surface area contributed by atoms with Crippen LogP contribution in [-0.4, -0.2) is 29.7 Å². The highest BCUT2D eigenvalue weighted by molar-refractivity contribution is 6.02. The van der Waals surface area contributed by atoms with Gasteiger partial charge in [-0.3, -0.25) is 9.63 Å². The minimum Gasteiger partial charge on any atom is -0.324 e. The van der Waals surface area contributed by atoms with E-state index in [0.717, 1.165) is 5.06 Å². The maximum atomic E-state index is 11.2. The van der Waals surface area contributed by atoms with Crippen molar-refractivity contribution in [1.82, 2.24) is 10.4 Å². The van der Waals surface area contributed by atoms with Crippen molar-refractivity contribution in [2.75, 3.05) is 6.61 Å². The fourth-order valence-corrected chi connectivity index (χ4v) is 0.927. The minimum atomic E-state index is -0.474. The van der Waals surface area contributed by atoms with Gasteiger partial charge in [-0.15, -0.1) is 5.06 Å². The highest BCUT2D eigenvalue weighted by Crippen LogP contribution is 2.07. The first kappa shape index (κ1) is 9.98. The maximum absolute atomic E-state index is 11.2. The van der Waals surface area contributed by atoms with Gasteiger partial charge in [0.2, 0.25) is 0 Å². The topological polar surface area (TPSA) is 58.6 Å². The number of hydroxylamine groups is 2. The molecule has 0 aliphatic carbocycles. The molecule has 13 heavy (non-hydrogen) atoms. The van der Waals surface area contributed by atoms with Crippen LogP contribution in [-0.2, 0) is 9.63 Å². The molecule has 5 nitrogen and oxygen atoms in total. The van der Waals surface area contributed by atoms with Gasteiger partial charge in [0.05, 0.1) is 6.61 Å². The van der Waals surface area contributed by atoms with Gasteiger partial charge in [-0.25, -0.2) is 4.79 Å². The van der Waals surface area contributed by atoms with Crippen molar-refractivity contribution in [3.63, 3.8) is 0 Å². The standard InChI is InChI=1S/C8H14N2O3/c1-5(2)4-13-10-7(11)6(3)9-8(10)12/h5-6H,4H2,1-3H3,(H,9,12). The first-order chi connectivity index (χ1) is 6.02. The van der Waals surface area contributed by atoms with E-state index in [1.807, 2.05) is 13.8 Å². The summed E-state index contributed by atoms with van der Waals surface area (Å²) >= 11 is 0. The highest BCUT2D eigenvalue weighted by Gasteiger charge is 2.36. The van der Waals surface area contributed by atoms with E-state index >= 15 is 0 Å². The molecule has 1 saturated heterocycles. The van der Waals surface area contributed by atoms with Crippen molar-refractivity contribution in [2.45, 2.75) is 26.8 Å². The number of imide groups is 1. The summed E-state index contributed by atoms with van der Waals surface area (Å²) in [5, 5.41) is 3.25. The molecule has 0 bridgehead atoms. The second-order valence-electron chi connectivity index (χ2n) is 3.49. The lowest BCUT2D eigenvalue weighted by Gasteiger charge is -2.13. The largest absolute Gasteiger partial charge is 0.349 e. The summed E-state index contributed by atoms with van der Waals surface area (Å²) in [6.45, 7) is 5.88. The predicted octanol–water partition coefficient (Wildman–Crippen LogP) is 0.514. The van der Waals surface area contributed by atoms with Gasteiger partial charge in [0.25, 0.3) is 5.91 Å². The summed E-state index contributed by atoms with van der Waals surface area (Å²) in [6, 6.07) is -0.946. The fourth-order valence-electron chi connectivity index (χ4n) is 0.927. The van der Waals surface area contributed by atoms with Crippen LogP contribution >= 0.6 is 0 Å². The van der Waals surface area contributed by atoms with Crippen molar-refractivity contribution < 1.29 is 14.4 Å². The van der Waals surface area contributed by atoms with E-state index in [2.05, 4.69) is 5.32 Å². The van der Waals surface area contributed by atoms with Gasteiger partial charge in [-0.2, -0.15) is 0 Å². The maximum Gasteiger partial charge on any atom is 0.349 e. The molecule has 1 heterocycles. The molecule has 0 aromatic carbocycles. The monoisotopic (exact) mass is 186 g/mol. The Bertz CT molecular complexity index is 227. The van der Waals surface area contributed by atoms with E-state index in [4.69, 9.17) is 4.84 Å². The molecule has 0 radical (unpaired) electrons. The van der Waals surface area contributed by atoms with Crippen molar-refractivity contribution in [2.24, 2.45) is 5.92 Å². The highest BCUT2D eigenvalue weighted by atomic mass is 16.7. The molecule has 1 unspecified atom stereocenters. The number of hydrogen-bond acceptors (Lipinski definition) is 3. The molecule has 1 aliphatic heterocycles. The Balaban J connectivity index is 2.49. The molecule has 1 N–H and O–H groups in total. The molecular formula is C8H14N2O3. The third kappa shape index (κ3) is 2.18. The SMILES string of the molecule is CC(C)CON1C(=O)NC(C)C1=O. The zero-order chi connectivity index (χ0) is 10.0. The van der Waals surface area contributed by atoms with Crippen LogP contribution in [0.4, 0.5) is 4.79 Å². The second-order valence-corrected chi connectivity index (χ2v) is 3.49. The van der Waals surface area contributed by atoms with E-state index in [1.165, 1.54) is 0 Å². The molecule has 5 heteroatoms. The number of carbonyl (C=O) groups excluding carboxylic acids is 2. The Morgan fingerprint density at radius 1 is 1.54 bits per heavy atom. The van der Waals surface area contributed by atoms with Gasteiger partial charge in [-0.05, 0) is 12.8 Å². The number of nitrogens with zero attached hydrogens (tertiary/aromatic N) is 1. The van der Waals surface area contributed by atoms with Gasteiger partial charge < -0.3 is 5.32 Å².